The third-order valence-electron chi connectivity index (χ3n) is 4.41. The van der Waals surface area contributed by atoms with Crippen molar-refractivity contribution in [3.05, 3.63) is 32.6 Å². The fourth-order valence-electron chi connectivity index (χ4n) is 3.10. The number of carboxylic acids is 1. The summed E-state index contributed by atoms with van der Waals surface area (Å²) < 4.78 is 2.75. The van der Waals surface area contributed by atoms with Gasteiger partial charge in [-0.15, -0.1) is 22.0 Å². The molecule has 2 aliphatic rings. The first-order chi connectivity index (χ1) is 14.3. The van der Waals surface area contributed by atoms with Gasteiger partial charge in [0.1, 0.15) is 22.1 Å². The Bertz CT molecular complexity index is 1080. The molecule has 158 valence electrons. The minimum atomic E-state index is -1.16. The van der Waals surface area contributed by atoms with E-state index in [9.17, 15) is 19.5 Å². The fraction of sp³-hybridized carbons (Fsp3) is 0.375. The lowest BCUT2D eigenvalue weighted by Gasteiger charge is -2.49. The zero-order valence-corrected chi connectivity index (χ0v) is 19.7. The van der Waals surface area contributed by atoms with E-state index in [1.165, 1.54) is 44.4 Å². The molecule has 0 spiro atoms. The lowest BCUT2D eigenvalue weighted by atomic mass is 10.0. The number of rotatable bonds is 6. The van der Waals surface area contributed by atoms with Gasteiger partial charge in [0.2, 0.25) is 0 Å². The predicted octanol–water partition coefficient (Wildman–Crippen LogP) is 1.49. The highest BCUT2D eigenvalue weighted by Crippen LogP contribution is 2.41. The molecule has 0 saturated carbocycles. The first-order valence-corrected chi connectivity index (χ1v) is 12.2. The second-order valence-corrected chi connectivity index (χ2v) is 10.9. The van der Waals surface area contributed by atoms with E-state index in [4.69, 9.17) is 0 Å². The quantitative estimate of drug-likeness (QED) is 0.421. The van der Waals surface area contributed by atoms with Crippen molar-refractivity contribution in [2.45, 2.75) is 22.7 Å². The smallest absolute Gasteiger partial charge is 0.352 e. The largest absolute Gasteiger partial charge is 0.477 e. The van der Waals surface area contributed by atoms with Crippen LogP contribution < -0.4 is 5.32 Å². The molecule has 2 aliphatic heterocycles. The average molecular weight is 531 g/mol. The molecule has 0 radical (unpaired) electrons. The number of halogens is 1. The van der Waals surface area contributed by atoms with Gasteiger partial charge in [0, 0.05) is 24.8 Å². The number of carbonyl (C=O) groups is 3. The SMILES string of the molecule is Cc1nnc(SCC2=C(C(=O)O)N3C(=O)[C@@H](NC(=O)c4nn(C)cc4Br)[C@H]3SC2)s1. The normalized spacial score (nSPS) is 20.8. The van der Waals surface area contributed by atoms with Crippen LogP contribution in [0.15, 0.2) is 26.3 Å². The van der Waals surface area contributed by atoms with Crippen molar-refractivity contribution in [3.63, 3.8) is 0 Å². The summed E-state index contributed by atoms with van der Waals surface area (Å²) in [6, 6.07) is -0.800. The van der Waals surface area contributed by atoms with E-state index in [1.807, 2.05) is 6.92 Å². The Morgan fingerprint density at radius 3 is 2.80 bits per heavy atom. The monoisotopic (exact) mass is 530 g/mol. The molecule has 1 fully saturated rings. The number of nitrogens with zero attached hydrogens (tertiary/aromatic N) is 5. The number of aromatic nitrogens is 4. The number of amides is 2. The van der Waals surface area contributed by atoms with E-state index in [0.717, 1.165) is 9.35 Å². The maximum atomic E-state index is 12.7. The molecule has 0 aromatic carbocycles. The van der Waals surface area contributed by atoms with Gasteiger partial charge in [-0.3, -0.25) is 19.2 Å². The molecule has 2 aromatic heterocycles. The van der Waals surface area contributed by atoms with Crippen molar-refractivity contribution in [1.82, 2.24) is 30.2 Å². The van der Waals surface area contributed by atoms with E-state index >= 15 is 0 Å². The number of aryl methyl sites for hydroxylation is 2. The van der Waals surface area contributed by atoms with Gasteiger partial charge in [-0.2, -0.15) is 5.10 Å². The Hall–Kier alpha value is -1.90. The maximum absolute atomic E-state index is 12.7. The van der Waals surface area contributed by atoms with Gasteiger partial charge in [-0.05, 0) is 28.4 Å². The second kappa shape index (κ2) is 8.32. The van der Waals surface area contributed by atoms with Crippen LogP contribution in [0.1, 0.15) is 15.5 Å². The van der Waals surface area contributed by atoms with Gasteiger partial charge in [0.25, 0.3) is 11.8 Å². The highest BCUT2D eigenvalue weighted by molar-refractivity contribution is 9.10. The van der Waals surface area contributed by atoms with E-state index in [1.54, 1.807) is 13.2 Å². The molecule has 2 aromatic rings. The van der Waals surface area contributed by atoms with Gasteiger partial charge >= 0.3 is 5.97 Å². The lowest BCUT2D eigenvalue weighted by Crippen LogP contribution is -2.70. The third-order valence-corrected chi connectivity index (χ3v) is 8.39. The van der Waals surface area contributed by atoms with Crippen LogP contribution in [-0.4, -0.2) is 70.7 Å². The van der Waals surface area contributed by atoms with Crippen molar-refractivity contribution in [1.29, 1.82) is 0 Å². The summed E-state index contributed by atoms with van der Waals surface area (Å²) in [7, 11) is 1.68. The summed E-state index contributed by atoms with van der Waals surface area (Å²) in [5.41, 5.74) is 0.803. The van der Waals surface area contributed by atoms with Gasteiger partial charge in [-0.25, -0.2) is 4.79 Å². The molecule has 2 atom stereocenters. The Morgan fingerprint density at radius 1 is 1.43 bits per heavy atom. The summed E-state index contributed by atoms with van der Waals surface area (Å²) >= 11 is 7.52. The standard InChI is InChI=1S/C16H15BrN6O4S3/c1-6-19-20-16(30-6)29-5-7-4-28-14-10(13(25)23(14)11(7)15(26)27)18-12(24)9-8(17)3-22(2)21-9/h3,10,14H,4-5H2,1-2H3,(H,18,24)(H,26,27)/t10-,14-/m1/s1. The van der Waals surface area contributed by atoms with Crippen LogP contribution in [-0.2, 0) is 16.6 Å². The van der Waals surface area contributed by atoms with E-state index < -0.39 is 29.2 Å². The van der Waals surface area contributed by atoms with Crippen LogP contribution in [0, 0.1) is 6.92 Å². The van der Waals surface area contributed by atoms with Crippen LogP contribution in [0.2, 0.25) is 0 Å². The molecule has 4 heterocycles. The summed E-state index contributed by atoms with van der Waals surface area (Å²) in [6.07, 6.45) is 1.63. The molecule has 10 nitrogen and oxygen atoms in total. The average Bonchev–Trinajstić information content (AvgIpc) is 3.27. The molecule has 0 bridgehead atoms. The zero-order valence-electron chi connectivity index (χ0n) is 15.7. The first-order valence-electron chi connectivity index (χ1n) is 8.59. The van der Waals surface area contributed by atoms with Crippen molar-refractivity contribution >= 4 is 68.6 Å². The Kier molecular flexibility index (Phi) is 5.92. The van der Waals surface area contributed by atoms with Crippen LogP contribution >= 0.6 is 50.8 Å². The number of β-lactam (4-membered cyclic amide) rings is 1. The van der Waals surface area contributed by atoms with Crippen molar-refractivity contribution < 1.29 is 19.5 Å². The third kappa shape index (κ3) is 3.88. The van der Waals surface area contributed by atoms with Gasteiger partial charge < -0.3 is 10.4 Å². The Morgan fingerprint density at radius 2 is 2.20 bits per heavy atom. The summed E-state index contributed by atoms with van der Waals surface area (Å²) in [6.45, 7) is 1.85. The van der Waals surface area contributed by atoms with Crippen LogP contribution in [0.25, 0.3) is 0 Å². The number of fused-ring (bicyclic) bond motifs is 1. The van der Waals surface area contributed by atoms with E-state index in [2.05, 4.69) is 36.5 Å². The molecule has 2 amide bonds. The van der Waals surface area contributed by atoms with E-state index in [-0.39, 0.29) is 11.4 Å². The number of hydrogen-bond acceptors (Lipinski definition) is 9. The minimum absolute atomic E-state index is 0.0120. The number of carboxylic acid groups (broad SMARTS) is 1. The highest BCUT2D eigenvalue weighted by atomic mass is 79.9. The fourth-order valence-corrected chi connectivity index (χ4v) is 6.96. The highest BCUT2D eigenvalue weighted by Gasteiger charge is 2.54. The molecule has 0 aliphatic carbocycles. The Balaban J connectivity index is 1.49. The van der Waals surface area contributed by atoms with Crippen molar-refractivity contribution in [2.75, 3.05) is 11.5 Å². The molecule has 2 N–H and O–H groups in total. The first kappa shape index (κ1) is 21.3. The predicted molar refractivity (Wildman–Crippen MR) is 115 cm³/mol. The maximum Gasteiger partial charge on any atom is 0.352 e. The van der Waals surface area contributed by atoms with Gasteiger partial charge in [-0.1, -0.05) is 23.1 Å². The minimum Gasteiger partial charge on any atom is -0.477 e. The molecular formula is C16H15BrN6O4S3. The second-order valence-electron chi connectivity index (χ2n) is 6.49. The molecule has 1 saturated heterocycles. The number of hydrogen-bond donors (Lipinski definition) is 2. The van der Waals surface area contributed by atoms with Gasteiger partial charge in [0.15, 0.2) is 10.0 Å². The number of nitrogens with one attached hydrogen (secondary N) is 1. The van der Waals surface area contributed by atoms with E-state index in [0.29, 0.717) is 21.6 Å². The molecule has 30 heavy (non-hydrogen) atoms. The number of thioether (sulfide) groups is 2. The molecule has 0 unspecified atom stereocenters. The van der Waals surface area contributed by atoms with Crippen molar-refractivity contribution in [2.24, 2.45) is 7.05 Å². The van der Waals surface area contributed by atoms with Crippen LogP contribution in [0.3, 0.4) is 0 Å². The van der Waals surface area contributed by atoms with Gasteiger partial charge in [0.05, 0.1) is 4.47 Å². The summed E-state index contributed by atoms with van der Waals surface area (Å²) in [5, 5.41) is 24.8. The molecular weight excluding hydrogens is 516 g/mol. The van der Waals surface area contributed by atoms with Crippen LogP contribution in [0.5, 0.6) is 0 Å². The number of aliphatic carboxylic acids is 1. The summed E-state index contributed by atoms with van der Waals surface area (Å²) in [4.78, 5) is 38.4. The molecule has 4 rings (SSSR count). The number of carbonyl (C=O) groups excluding carboxylic acids is 2. The summed E-state index contributed by atoms with van der Waals surface area (Å²) in [5.74, 6) is -1.25. The Labute approximate surface area is 191 Å². The van der Waals surface area contributed by atoms with Crippen molar-refractivity contribution in [3.8, 4) is 0 Å². The lowest BCUT2D eigenvalue weighted by molar-refractivity contribution is -0.148. The zero-order chi connectivity index (χ0) is 21.6. The van der Waals surface area contributed by atoms with Crippen LogP contribution in [0.4, 0.5) is 0 Å². The molecule has 14 heteroatoms. The topological polar surface area (TPSA) is 130 Å².